The van der Waals surface area contributed by atoms with E-state index in [0.29, 0.717) is 6.42 Å². The minimum absolute atomic E-state index is 0.0608. The summed E-state index contributed by atoms with van der Waals surface area (Å²) < 4.78 is 6.79. The second-order valence-electron chi connectivity index (χ2n) is 8.07. The first kappa shape index (κ1) is 24.4. The molecule has 2 aromatic carbocycles. The molecule has 1 amide bonds. The molecule has 32 heavy (non-hydrogen) atoms. The van der Waals surface area contributed by atoms with Crippen LogP contribution < -0.4 is 21.0 Å². The van der Waals surface area contributed by atoms with Gasteiger partial charge in [0.15, 0.2) is 0 Å². The molecule has 1 saturated heterocycles. The van der Waals surface area contributed by atoms with Crippen molar-refractivity contribution in [1.29, 1.82) is 0 Å². The molecule has 1 fully saturated rings. The molecular weight excluding hydrogens is 468 g/mol. The maximum Gasteiger partial charge on any atom is 0.258 e. The van der Waals surface area contributed by atoms with Crippen molar-refractivity contribution in [2.45, 2.75) is 64.0 Å². The van der Waals surface area contributed by atoms with E-state index in [4.69, 9.17) is 4.74 Å². The fourth-order valence-corrected chi connectivity index (χ4v) is 4.03. The molecule has 0 aliphatic carbocycles. The number of hydrogen-bond donors (Lipinski definition) is 3. The van der Waals surface area contributed by atoms with Crippen LogP contribution in [0.25, 0.3) is 0 Å². The fraction of sp³-hybridized carbons (Fsp3) is 0.440. The number of hydrogen-bond acceptors (Lipinski definition) is 5. The summed E-state index contributed by atoms with van der Waals surface area (Å²) in [6.45, 7) is 3.00. The molecule has 7 heteroatoms. The van der Waals surface area contributed by atoms with E-state index in [1.165, 1.54) is 32.1 Å². The maximum atomic E-state index is 12.4. The molecule has 1 heterocycles. The van der Waals surface area contributed by atoms with Gasteiger partial charge in [-0.1, -0.05) is 85.3 Å². The van der Waals surface area contributed by atoms with Crippen LogP contribution in [-0.4, -0.2) is 24.8 Å². The van der Waals surface area contributed by atoms with Crippen molar-refractivity contribution in [3.8, 4) is 5.75 Å². The zero-order valence-electron chi connectivity index (χ0n) is 18.6. The van der Waals surface area contributed by atoms with E-state index in [2.05, 4.69) is 56.4 Å². The highest BCUT2D eigenvalue weighted by atomic mass is 79.9. The summed E-state index contributed by atoms with van der Waals surface area (Å²) >= 11 is 3.46. The molecule has 2 unspecified atom stereocenters. The van der Waals surface area contributed by atoms with E-state index in [1.807, 2.05) is 36.4 Å². The van der Waals surface area contributed by atoms with E-state index < -0.39 is 0 Å². The van der Waals surface area contributed by atoms with E-state index in [1.54, 1.807) is 6.21 Å². The first-order valence-corrected chi connectivity index (χ1v) is 12.3. The Morgan fingerprint density at radius 1 is 1.09 bits per heavy atom. The lowest BCUT2D eigenvalue weighted by Gasteiger charge is -2.11. The zero-order valence-corrected chi connectivity index (χ0v) is 20.2. The van der Waals surface area contributed by atoms with Gasteiger partial charge in [0.25, 0.3) is 5.91 Å². The Kier molecular flexibility index (Phi) is 10.2. The van der Waals surface area contributed by atoms with Gasteiger partial charge in [0.2, 0.25) is 0 Å². The van der Waals surface area contributed by atoms with Crippen molar-refractivity contribution in [2.24, 2.45) is 5.10 Å². The number of unbranched alkanes of at least 4 members (excludes halogenated alkanes) is 5. The number of carbonyl (C=O) groups excluding carboxylic acids is 1. The van der Waals surface area contributed by atoms with Crippen LogP contribution in [0.5, 0.6) is 5.75 Å². The van der Waals surface area contributed by atoms with Crippen LogP contribution in [-0.2, 0) is 4.79 Å². The Hall–Kier alpha value is -2.22. The van der Waals surface area contributed by atoms with Crippen LogP contribution in [0, 0.1) is 0 Å². The Morgan fingerprint density at radius 3 is 2.62 bits per heavy atom. The molecule has 0 aromatic heterocycles. The largest absolute Gasteiger partial charge is 0.494 e. The molecule has 0 saturated carbocycles. The number of hydrazine groups is 1. The smallest absolute Gasteiger partial charge is 0.258 e. The molecule has 2 atom stereocenters. The van der Waals surface area contributed by atoms with Gasteiger partial charge in [0, 0.05) is 16.1 Å². The summed E-state index contributed by atoms with van der Waals surface area (Å²) in [5.41, 5.74) is 10.9. The molecule has 172 valence electrons. The van der Waals surface area contributed by atoms with Crippen LogP contribution in [0.1, 0.15) is 69.0 Å². The van der Waals surface area contributed by atoms with E-state index in [0.717, 1.165) is 34.4 Å². The van der Waals surface area contributed by atoms with Crippen molar-refractivity contribution in [1.82, 2.24) is 16.3 Å². The van der Waals surface area contributed by atoms with Gasteiger partial charge in [-0.2, -0.15) is 5.10 Å². The Bertz CT molecular complexity index is 873. The van der Waals surface area contributed by atoms with Gasteiger partial charge in [-0.05, 0) is 36.6 Å². The number of carbonyl (C=O) groups is 1. The minimum atomic E-state index is -0.347. The predicted octanol–water partition coefficient (Wildman–Crippen LogP) is 5.25. The Labute approximate surface area is 199 Å². The van der Waals surface area contributed by atoms with Crippen LogP contribution in [0.2, 0.25) is 0 Å². The molecule has 2 aromatic rings. The second kappa shape index (κ2) is 13.4. The third-order valence-electron chi connectivity index (χ3n) is 5.55. The summed E-state index contributed by atoms with van der Waals surface area (Å²) in [7, 11) is 0. The highest BCUT2D eigenvalue weighted by Crippen LogP contribution is 2.24. The number of halogens is 1. The van der Waals surface area contributed by atoms with Crippen molar-refractivity contribution >= 4 is 28.1 Å². The zero-order chi connectivity index (χ0) is 22.6. The third-order valence-corrected chi connectivity index (χ3v) is 6.27. The molecule has 0 spiro atoms. The van der Waals surface area contributed by atoms with Gasteiger partial charge in [0.1, 0.15) is 11.8 Å². The number of amides is 1. The third kappa shape index (κ3) is 7.73. The number of ether oxygens (including phenoxy) is 1. The molecular formula is C25H33BrN4O2. The van der Waals surface area contributed by atoms with Crippen molar-refractivity contribution in [3.63, 3.8) is 0 Å². The average Bonchev–Trinajstić information content (AvgIpc) is 3.31. The number of nitrogens with one attached hydrogen (secondary N) is 3. The quantitative estimate of drug-likeness (QED) is 0.211. The lowest BCUT2D eigenvalue weighted by molar-refractivity contribution is -0.122. The SMILES string of the molecule is CCCCCCCCOc1ccc(C2CC(C(=O)N/N=C/c3ccccc3Br)NN2)cc1. The van der Waals surface area contributed by atoms with Gasteiger partial charge in [0.05, 0.1) is 12.8 Å². The molecule has 0 bridgehead atoms. The molecule has 3 N–H and O–H groups in total. The maximum absolute atomic E-state index is 12.4. The standard InChI is InChI=1S/C25H33BrN4O2/c1-2-3-4-5-6-9-16-32-21-14-12-19(13-15-21)23-17-24(29-28-23)25(31)30-27-18-20-10-7-8-11-22(20)26/h7-8,10-15,18,23-24,28-29H,2-6,9,16-17H2,1H3,(H,30,31)/b27-18+. The average molecular weight is 501 g/mol. The number of nitrogens with zero attached hydrogens (tertiary/aromatic N) is 1. The molecule has 1 aliphatic heterocycles. The molecule has 1 aliphatic rings. The van der Waals surface area contributed by atoms with E-state index in [9.17, 15) is 4.79 Å². The van der Waals surface area contributed by atoms with Crippen LogP contribution in [0.3, 0.4) is 0 Å². The summed E-state index contributed by atoms with van der Waals surface area (Å²) in [5.74, 6) is 0.728. The fourth-order valence-electron chi connectivity index (χ4n) is 3.64. The van der Waals surface area contributed by atoms with Crippen LogP contribution in [0.4, 0.5) is 0 Å². The Balaban J connectivity index is 1.39. The van der Waals surface area contributed by atoms with Gasteiger partial charge < -0.3 is 4.74 Å². The van der Waals surface area contributed by atoms with Crippen LogP contribution in [0.15, 0.2) is 58.1 Å². The van der Waals surface area contributed by atoms with Gasteiger partial charge in [-0.25, -0.2) is 16.3 Å². The first-order valence-electron chi connectivity index (χ1n) is 11.5. The lowest BCUT2D eigenvalue weighted by atomic mass is 10.0. The lowest BCUT2D eigenvalue weighted by Crippen LogP contribution is -2.41. The molecule has 0 radical (unpaired) electrons. The topological polar surface area (TPSA) is 74.8 Å². The summed E-state index contributed by atoms with van der Waals surface area (Å²) in [4.78, 5) is 12.4. The number of rotatable bonds is 12. The van der Waals surface area contributed by atoms with Crippen molar-refractivity contribution < 1.29 is 9.53 Å². The van der Waals surface area contributed by atoms with Crippen molar-refractivity contribution in [3.05, 3.63) is 64.1 Å². The van der Waals surface area contributed by atoms with Gasteiger partial charge in [-0.3, -0.25) is 4.79 Å². The normalized spacial score (nSPS) is 18.2. The number of benzene rings is 2. The predicted molar refractivity (Wildman–Crippen MR) is 133 cm³/mol. The monoisotopic (exact) mass is 500 g/mol. The summed E-state index contributed by atoms with van der Waals surface area (Å²) in [6, 6.07) is 15.5. The van der Waals surface area contributed by atoms with Gasteiger partial charge >= 0.3 is 0 Å². The van der Waals surface area contributed by atoms with Crippen molar-refractivity contribution in [2.75, 3.05) is 6.61 Å². The summed E-state index contributed by atoms with van der Waals surface area (Å²) in [6.07, 6.45) is 9.82. The first-order chi connectivity index (χ1) is 15.7. The van der Waals surface area contributed by atoms with Crippen LogP contribution >= 0.6 is 15.9 Å². The van der Waals surface area contributed by atoms with Gasteiger partial charge in [-0.15, -0.1) is 0 Å². The Morgan fingerprint density at radius 2 is 1.84 bits per heavy atom. The molecule has 3 rings (SSSR count). The number of hydrazone groups is 1. The molecule has 6 nitrogen and oxygen atoms in total. The minimum Gasteiger partial charge on any atom is -0.494 e. The summed E-state index contributed by atoms with van der Waals surface area (Å²) in [5, 5.41) is 4.07. The highest BCUT2D eigenvalue weighted by Gasteiger charge is 2.30. The van der Waals surface area contributed by atoms with E-state index in [-0.39, 0.29) is 18.0 Å². The highest BCUT2D eigenvalue weighted by molar-refractivity contribution is 9.10. The second-order valence-corrected chi connectivity index (χ2v) is 8.92. The van der Waals surface area contributed by atoms with E-state index >= 15 is 0 Å².